The zero-order valence-corrected chi connectivity index (χ0v) is 47.8. The minimum Gasteiger partial charge on any atom is -0.508 e. The number of nitrogens with one attached hydrogen (secondary N) is 6. The summed E-state index contributed by atoms with van der Waals surface area (Å²) in [7, 11) is 3.47. The first-order valence-electron chi connectivity index (χ1n) is 29.9. The van der Waals surface area contributed by atoms with Gasteiger partial charge in [-0.15, -0.1) is 0 Å². The fourth-order valence-electron chi connectivity index (χ4n) is 13.4. The molecule has 80 heavy (non-hydrogen) atoms. The van der Waals surface area contributed by atoms with Gasteiger partial charge in [-0.25, -0.2) is 0 Å². The first-order valence-corrected chi connectivity index (χ1v) is 29.9. The quantitative estimate of drug-likeness (QED) is 0.0664. The summed E-state index contributed by atoms with van der Waals surface area (Å²) in [5.41, 5.74) is 9.98. The Hall–Kier alpha value is -6.58. The first kappa shape index (κ1) is 58.1. The third-order valence-electron chi connectivity index (χ3n) is 18.4. The lowest BCUT2D eigenvalue weighted by Gasteiger charge is -2.41. The van der Waals surface area contributed by atoms with Crippen molar-refractivity contribution >= 4 is 35.4 Å². The van der Waals surface area contributed by atoms with Gasteiger partial charge in [0, 0.05) is 25.9 Å². The smallest absolute Gasteiger partial charge is 0.246 e. The van der Waals surface area contributed by atoms with E-state index in [9.17, 15) is 33.9 Å². The molecule has 15 heteroatoms. The van der Waals surface area contributed by atoms with Crippen molar-refractivity contribution < 1.29 is 33.9 Å². The molecule has 0 bridgehead atoms. The Bertz CT molecular complexity index is 2670. The molecule has 0 aromatic heterocycles. The maximum Gasteiger partial charge on any atom is 0.246 e. The summed E-state index contributed by atoms with van der Waals surface area (Å²) in [6.07, 6.45) is 16.6. The molecule has 2 heterocycles. The normalized spacial score (nSPS) is 22.4. The lowest BCUT2D eigenvalue weighted by Crippen LogP contribution is -2.60. The largest absolute Gasteiger partial charge is 0.508 e. The van der Waals surface area contributed by atoms with Gasteiger partial charge in [-0.1, -0.05) is 117 Å². The zero-order valence-electron chi connectivity index (χ0n) is 47.8. The van der Waals surface area contributed by atoms with Crippen LogP contribution in [0.2, 0.25) is 0 Å². The first-order chi connectivity index (χ1) is 38.7. The molecule has 4 aliphatic carbocycles. The van der Waals surface area contributed by atoms with Crippen LogP contribution < -0.4 is 31.9 Å². The number of hydrogen-bond donors (Lipinski definition) is 7. The van der Waals surface area contributed by atoms with Crippen LogP contribution in [0.25, 0.3) is 0 Å². The van der Waals surface area contributed by atoms with E-state index in [2.05, 4.69) is 87.4 Å². The minimum absolute atomic E-state index is 0.0220. The van der Waals surface area contributed by atoms with Gasteiger partial charge in [-0.05, 0) is 168 Å². The summed E-state index contributed by atoms with van der Waals surface area (Å²) in [5, 5.41) is 28.9. The van der Waals surface area contributed by atoms with Gasteiger partial charge in [0.25, 0.3) is 0 Å². The van der Waals surface area contributed by atoms with Gasteiger partial charge < -0.3 is 46.8 Å². The summed E-state index contributed by atoms with van der Waals surface area (Å²) in [6, 6.07) is 24.4. The molecule has 2 aliphatic heterocycles. The number of carbonyl (C=O) groups is 6. The number of carbonyl (C=O) groups excluding carboxylic acids is 6. The molecule has 8 atom stereocenters. The number of rotatable bonds is 14. The van der Waals surface area contributed by atoms with Crippen molar-refractivity contribution in [2.45, 2.75) is 198 Å². The standard InChI is InChI=1S/C33H44N4O3.C32H42N4O4/c1-21-16-17-25-19-29(32(39)35-28-15-9-13-23-10-7-8-14-27(23)28)37(20-26(25)18-21)33(40)30(24-11-5-4-6-12-24)36-31(38)22(2)34-3;1-20(33-2)30(38)35-29(22-10-4-3-5-11-22)32(40)36-19-24-17-25(37)16-15-23(24)18-28(36)31(39)34-27-14-8-12-21-9-6-7-13-26(21)27/h7-8,10,14,16-18,22,24,28-30,34H,4-6,9,11-13,15,19-20H2,1-3H3,(H,35,39)(H,36,38);6-7,9,13,15-17,20,22,27-29,33,37H,3-5,8,10-12,14,18-19H2,1-2H3,(H,34,39)(H,35,38)/t22-,28-,29+,30-;20-,27-,28+,29-/m00/s1. The van der Waals surface area contributed by atoms with Gasteiger partial charge in [0.05, 0.1) is 24.2 Å². The monoisotopic (exact) mass is 1090 g/mol. The van der Waals surface area contributed by atoms with E-state index in [0.29, 0.717) is 19.4 Å². The fourth-order valence-corrected chi connectivity index (χ4v) is 13.4. The van der Waals surface area contributed by atoms with E-state index >= 15 is 0 Å². The number of nitrogens with zero attached hydrogens (tertiary/aromatic N) is 2. The van der Waals surface area contributed by atoms with E-state index in [0.717, 1.165) is 136 Å². The maximum atomic E-state index is 14.5. The van der Waals surface area contributed by atoms with Crippen LogP contribution in [0.1, 0.15) is 166 Å². The maximum absolute atomic E-state index is 14.5. The predicted octanol–water partition coefficient (Wildman–Crippen LogP) is 7.63. The lowest BCUT2D eigenvalue weighted by molar-refractivity contribution is -0.146. The lowest BCUT2D eigenvalue weighted by atomic mass is 9.82. The fraction of sp³-hybridized carbons (Fsp3) is 0.538. The van der Waals surface area contributed by atoms with Gasteiger partial charge in [-0.3, -0.25) is 28.8 Å². The van der Waals surface area contributed by atoms with Gasteiger partial charge in [-0.2, -0.15) is 0 Å². The van der Waals surface area contributed by atoms with Crippen LogP contribution in [0, 0.1) is 18.8 Å². The van der Waals surface area contributed by atoms with Crippen LogP contribution in [0.15, 0.2) is 84.9 Å². The summed E-state index contributed by atoms with van der Waals surface area (Å²) in [6.45, 7) is 6.21. The predicted molar refractivity (Wildman–Crippen MR) is 310 cm³/mol. The van der Waals surface area contributed by atoms with Gasteiger partial charge in [0.2, 0.25) is 35.4 Å². The van der Waals surface area contributed by atoms with Crippen LogP contribution in [-0.2, 0) is 67.5 Å². The molecule has 0 radical (unpaired) electrons. The molecule has 0 saturated heterocycles. The van der Waals surface area contributed by atoms with Crippen molar-refractivity contribution in [3.8, 4) is 5.75 Å². The van der Waals surface area contributed by atoms with Crippen LogP contribution in [0.4, 0.5) is 0 Å². The number of amides is 6. The highest BCUT2D eigenvalue weighted by atomic mass is 16.3. The number of aryl methyl sites for hydroxylation is 3. The second-order valence-electron chi connectivity index (χ2n) is 23.7. The van der Waals surface area contributed by atoms with Crippen molar-refractivity contribution in [1.82, 2.24) is 41.7 Å². The second-order valence-corrected chi connectivity index (χ2v) is 23.7. The Labute approximate surface area is 473 Å². The Kier molecular flexibility index (Phi) is 19.5. The Morgan fingerprint density at radius 2 is 0.925 bits per heavy atom. The van der Waals surface area contributed by atoms with Crippen LogP contribution in [0.3, 0.4) is 0 Å². The average molecular weight is 1090 g/mol. The van der Waals surface area contributed by atoms with Crippen LogP contribution >= 0.6 is 0 Å². The second kappa shape index (κ2) is 26.8. The highest BCUT2D eigenvalue weighted by Gasteiger charge is 2.44. The molecular formula is C65H86N8O7. The molecular weight excluding hydrogens is 1000 g/mol. The van der Waals surface area contributed by atoms with Gasteiger partial charge in [0.1, 0.15) is 29.9 Å². The third-order valence-corrected chi connectivity index (χ3v) is 18.4. The minimum atomic E-state index is -0.705. The molecule has 15 nitrogen and oxygen atoms in total. The molecule has 7 N–H and O–H groups in total. The van der Waals surface area contributed by atoms with Crippen molar-refractivity contribution in [2.75, 3.05) is 14.1 Å². The molecule has 2 fully saturated rings. The van der Waals surface area contributed by atoms with Crippen LogP contribution in [-0.4, -0.2) is 101 Å². The Balaban J connectivity index is 0.000000194. The molecule has 0 spiro atoms. The summed E-state index contributed by atoms with van der Waals surface area (Å²) < 4.78 is 0. The highest BCUT2D eigenvalue weighted by Crippen LogP contribution is 2.36. The number of aromatic hydroxyl groups is 1. The average Bonchev–Trinajstić information content (AvgIpc) is 3.49. The summed E-state index contributed by atoms with van der Waals surface area (Å²) in [5.74, 6) is -0.823. The summed E-state index contributed by atoms with van der Waals surface area (Å²) >= 11 is 0. The third kappa shape index (κ3) is 13.6. The SMILES string of the molecule is CN[C@@H](C)C(=O)N[C@H](C(=O)N1Cc2cc(C)ccc2C[C@@H]1C(=O)N[C@H]1CCCc2ccccc21)C1CCCCC1.CN[C@@H](C)C(=O)N[C@H](C(=O)N1Cc2cc(O)ccc2C[C@@H]1C(=O)N[C@H]1CCCc2ccccc21)C1CCCCC1. The molecule has 0 unspecified atom stereocenters. The summed E-state index contributed by atoms with van der Waals surface area (Å²) in [4.78, 5) is 86.3. The van der Waals surface area contributed by atoms with E-state index in [1.807, 2.05) is 24.3 Å². The van der Waals surface area contributed by atoms with Gasteiger partial charge >= 0.3 is 0 Å². The van der Waals surface area contributed by atoms with Gasteiger partial charge in [0.15, 0.2) is 0 Å². The number of likely N-dealkylation sites (N-methyl/N-ethyl adjacent to an activating group) is 2. The van der Waals surface area contributed by atoms with Crippen LogP contribution in [0.5, 0.6) is 5.75 Å². The number of benzene rings is 4. The topological polar surface area (TPSA) is 201 Å². The van der Waals surface area contributed by atoms with Crippen molar-refractivity contribution in [1.29, 1.82) is 0 Å². The number of phenols is 1. The number of phenolic OH excluding ortho intramolecular Hbond substituents is 1. The van der Waals surface area contributed by atoms with E-state index in [1.54, 1.807) is 49.9 Å². The van der Waals surface area contributed by atoms with E-state index in [-0.39, 0.29) is 71.7 Å². The molecule has 6 aliphatic rings. The number of hydrogen-bond acceptors (Lipinski definition) is 9. The van der Waals surface area contributed by atoms with Crippen molar-refractivity contribution in [3.05, 3.63) is 135 Å². The molecule has 6 amide bonds. The molecule has 428 valence electrons. The van der Waals surface area contributed by atoms with Crippen molar-refractivity contribution in [3.63, 3.8) is 0 Å². The Morgan fingerprint density at radius 1 is 0.500 bits per heavy atom. The molecule has 2 saturated carbocycles. The van der Waals surface area contributed by atoms with E-state index in [1.165, 1.54) is 16.7 Å². The molecule has 4 aromatic carbocycles. The molecule has 10 rings (SSSR count). The van der Waals surface area contributed by atoms with E-state index in [4.69, 9.17) is 0 Å². The van der Waals surface area contributed by atoms with E-state index < -0.39 is 36.3 Å². The number of fused-ring (bicyclic) bond motifs is 4. The van der Waals surface area contributed by atoms with Crippen molar-refractivity contribution in [2.24, 2.45) is 11.8 Å². The zero-order chi connectivity index (χ0) is 56.5. The highest BCUT2D eigenvalue weighted by molar-refractivity contribution is 5.95. The molecule has 4 aromatic rings. The Morgan fingerprint density at radius 3 is 1.38 bits per heavy atom.